The molecule has 2 atom stereocenters. The average molecular weight is 542 g/mol. The molecule has 5 rings (SSSR count). The molecule has 200 valence electrons. The Morgan fingerprint density at radius 2 is 1.74 bits per heavy atom. The number of carbonyl (C=O) groups is 1. The van der Waals surface area contributed by atoms with Gasteiger partial charge in [0.15, 0.2) is 0 Å². The number of aryl methyl sites for hydroxylation is 1. The zero-order valence-electron chi connectivity index (χ0n) is 21.9. The molecule has 3 aromatic carbocycles. The molecule has 0 spiro atoms. The summed E-state index contributed by atoms with van der Waals surface area (Å²) in [5, 5.41) is 0.629. The molecular weight excluding hydrogens is 511 g/mol. The minimum atomic E-state index is -4.48. The predicted molar refractivity (Wildman–Crippen MR) is 143 cm³/mol. The van der Waals surface area contributed by atoms with E-state index in [1.54, 1.807) is 17.9 Å². The molecule has 0 aromatic heterocycles. The highest BCUT2D eigenvalue weighted by Gasteiger charge is 2.41. The van der Waals surface area contributed by atoms with E-state index in [2.05, 4.69) is 38.1 Å². The highest BCUT2D eigenvalue weighted by Crippen LogP contribution is 2.44. The molecule has 2 aliphatic rings. The van der Waals surface area contributed by atoms with Crippen molar-refractivity contribution >= 4 is 17.7 Å². The standard InChI is InChI=1S/C31H31ClF3NO2/c1-17(2)21-8-10-28(32)27(15-21)26-9-7-22(20-5-6-20)13-24(26)16-36-19(4)29(38-30(36)37)23-11-18(3)12-25(14-23)31(33,34)35/h7-15,17,19-20,29H,5-6,16H2,1-4H3/t19-,29-/m0/s1. The van der Waals surface area contributed by atoms with Gasteiger partial charge < -0.3 is 4.74 Å². The number of alkyl halides is 3. The van der Waals surface area contributed by atoms with Crippen molar-refractivity contribution in [1.82, 2.24) is 4.90 Å². The van der Waals surface area contributed by atoms with Gasteiger partial charge in [0, 0.05) is 10.6 Å². The molecule has 1 saturated heterocycles. The fourth-order valence-corrected chi connectivity index (χ4v) is 5.49. The van der Waals surface area contributed by atoms with Crippen LogP contribution in [0.15, 0.2) is 54.6 Å². The molecule has 3 aromatic rings. The topological polar surface area (TPSA) is 29.5 Å². The lowest BCUT2D eigenvalue weighted by molar-refractivity contribution is -0.137. The monoisotopic (exact) mass is 541 g/mol. The first-order chi connectivity index (χ1) is 17.9. The summed E-state index contributed by atoms with van der Waals surface area (Å²) < 4.78 is 46.1. The van der Waals surface area contributed by atoms with Gasteiger partial charge in [-0.25, -0.2) is 4.79 Å². The Bertz CT molecular complexity index is 1380. The molecule has 1 heterocycles. The highest BCUT2D eigenvalue weighted by atomic mass is 35.5. The van der Waals surface area contributed by atoms with Crippen LogP contribution in [0, 0.1) is 6.92 Å². The third kappa shape index (κ3) is 5.28. The van der Waals surface area contributed by atoms with Gasteiger partial charge in [0.05, 0.1) is 18.2 Å². The molecule has 0 unspecified atom stereocenters. The van der Waals surface area contributed by atoms with Crippen LogP contribution in [-0.2, 0) is 17.5 Å². The summed E-state index contributed by atoms with van der Waals surface area (Å²) >= 11 is 6.67. The summed E-state index contributed by atoms with van der Waals surface area (Å²) in [4.78, 5) is 14.7. The number of halogens is 4. The van der Waals surface area contributed by atoms with Crippen molar-refractivity contribution < 1.29 is 22.7 Å². The molecule has 38 heavy (non-hydrogen) atoms. The molecule has 1 aliphatic heterocycles. The van der Waals surface area contributed by atoms with Gasteiger partial charge in [-0.3, -0.25) is 4.90 Å². The van der Waals surface area contributed by atoms with Crippen molar-refractivity contribution in [2.75, 3.05) is 0 Å². The Labute approximate surface area is 226 Å². The molecule has 7 heteroatoms. The molecule has 1 amide bonds. The number of rotatable bonds is 6. The maximum Gasteiger partial charge on any atom is 0.416 e. The predicted octanol–water partition coefficient (Wildman–Crippen LogP) is 9.42. The quantitative estimate of drug-likeness (QED) is 0.311. The molecule has 3 nitrogen and oxygen atoms in total. The van der Waals surface area contributed by atoms with Gasteiger partial charge in [-0.2, -0.15) is 13.2 Å². The fraction of sp³-hybridized carbons (Fsp3) is 0.387. The minimum Gasteiger partial charge on any atom is -0.439 e. The van der Waals surface area contributed by atoms with Crippen molar-refractivity contribution in [3.63, 3.8) is 0 Å². The second kappa shape index (κ2) is 9.96. The summed E-state index contributed by atoms with van der Waals surface area (Å²) in [6.07, 6.45) is -3.54. The normalized spacial score (nSPS) is 19.8. The average Bonchev–Trinajstić information content (AvgIpc) is 3.66. The first-order valence-corrected chi connectivity index (χ1v) is 13.4. The molecule has 2 fully saturated rings. The summed E-state index contributed by atoms with van der Waals surface area (Å²) in [7, 11) is 0. The number of ether oxygens (including phenoxy) is 1. The van der Waals surface area contributed by atoms with Crippen LogP contribution in [0.4, 0.5) is 18.0 Å². The van der Waals surface area contributed by atoms with Gasteiger partial charge >= 0.3 is 12.3 Å². The summed E-state index contributed by atoms with van der Waals surface area (Å²) in [6, 6.07) is 15.8. The lowest BCUT2D eigenvalue weighted by Gasteiger charge is -2.24. The van der Waals surface area contributed by atoms with Crippen LogP contribution >= 0.6 is 11.6 Å². The first kappa shape index (κ1) is 26.6. The number of amides is 1. The van der Waals surface area contributed by atoms with Gasteiger partial charge in [0.1, 0.15) is 6.10 Å². The van der Waals surface area contributed by atoms with Crippen molar-refractivity contribution in [1.29, 1.82) is 0 Å². The van der Waals surface area contributed by atoms with E-state index >= 15 is 0 Å². The maximum atomic E-state index is 13.5. The molecule has 1 saturated carbocycles. The van der Waals surface area contributed by atoms with Crippen LogP contribution in [0.3, 0.4) is 0 Å². The van der Waals surface area contributed by atoms with Gasteiger partial charge in [-0.15, -0.1) is 0 Å². The smallest absolute Gasteiger partial charge is 0.416 e. The first-order valence-electron chi connectivity index (χ1n) is 13.0. The molecule has 0 bridgehead atoms. The second-order valence-electron chi connectivity index (χ2n) is 10.9. The Balaban J connectivity index is 1.51. The van der Waals surface area contributed by atoms with Crippen LogP contribution in [0.5, 0.6) is 0 Å². The van der Waals surface area contributed by atoms with E-state index in [-0.39, 0.29) is 6.54 Å². The lowest BCUT2D eigenvalue weighted by atomic mass is 9.92. The Morgan fingerprint density at radius 1 is 1.00 bits per heavy atom. The largest absolute Gasteiger partial charge is 0.439 e. The number of hydrogen-bond donors (Lipinski definition) is 0. The van der Waals surface area contributed by atoms with Crippen LogP contribution in [-0.4, -0.2) is 17.0 Å². The lowest BCUT2D eigenvalue weighted by Crippen LogP contribution is -2.31. The van der Waals surface area contributed by atoms with Gasteiger partial charge in [-0.1, -0.05) is 61.3 Å². The Morgan fingerprint density at radius 3 is 2.39 bits per heavy atom. The molecule has 0 N–H and O–H groups in total. The number of cyclic esters (lactones) is 1. The number of nitrogens with zero attached hydrogens (tertiary/aromatic N) is 1. The van der Waals surface area contributed by atoms with Crippen LogP contribution in [0.1, 0.15) is 84.9 Å². The Kier molecular flexibility index (Phi) is 6.97. The maximum absolute atomic E-state index is 13.5. The van der Waals surface area contributed by atoms with Gasteiger partial charge in [-0.05, 0) is 90.6 Å². The van der Waals surface area contributed by atoms with E-state index in [9.17, 15) is 18.0 Å². The van der Waals surface area contributed by atoms with Crippen molar-refractivity contribution in [2.45, 2.75) is 77.2 Å². The highest BCUT2D eigenvalue weighted by molar-refractivity contribution is 6.33. The van der Waals surface area contributed by atoms with E-state index < -0.39 is 30.0 Å². The van der Waals surface area contributed by atoms with E-state index in [1.807, 2.05) is 19.1 Å². The Hall–Kier alpha value is -2.99. The van der Waals surface area contributed by atoms with E-state index in [0.717, 1.165) is 47.2 Å². The second-order valence-corrected chi connectivity index (χ2v) is 11.3. The van der Waals surface area contributed by atoms with Gasteiger partial charge in [0.25, 0.3) is 0 Å². The number of hydrogen-bond acceptors (Lipinski definition) is 2. The van der Waals surface area contributed by atoms with Crippen molar-refractivity contribution in [2.24, 2.45) is 0 Å². The van der Waals surface area contributed by atoms with Crippen LogP contribution < -0.4 is 0 Å². The summed E-state index contributed by atoms with van der Waals surface area (Å²) in [5.41, 5.74) is 5.26. The molecule has 0 radical (unpaired) electrons. The van der Waals surface area contributed by atoms with Crippen molar-refractivity contribution in [3.8, 4) is 11.1 Å². The van der Waals surface area contributed by atoms with Crippen LogP contribution in [0.25, 0.3) is 11.1 Å². The number of carbonyl (C=O) groups excluding carboxylic acids is 1. The number of benzene rings is 3. The third-order valence-electron chi connectivity index (χ3n) is 7.61. The van der Waals surface area contributed by atoms with Crippen molar-refractivity contribution in [3.05, 3.63) is 93.0 Å². The van der Waals surface area contributed by atoms with E-state index in [4.69, 9.17) is 16.3 Å². The molecular formula is C31H31ClF3NO2. The summed E-state index contributed by atoms with van der Waals surface area (Å²) in [6.45, 7) is 7.96. The SMILES string of the molecule is Cc1cc([C@H]2OC(=O)N(Cc3cc(C4CC4)ccc3-c3cc(C(C)C)ccc3Cl)[C@H]2C)cc(C(F)(F)F)c1. The van der Waals surface area contributed by atoms with Crippen LogP contribution in [0.2, 0.25) is 5.02 Å². The zero-order valence-corrected chi connectivity index (χ0v) is 22.7. The summed E-state index contributed by atoms with van der Waals surface area (Å²) in [5.74, 6) is 0.842. The third-order valence-corrected chi connectivity index (χ3v) is 7.94. The molecule has 1 aliphatic carbocycles. The van der Waals surface area contributed by atoms with E-state index in [1.165, 1.54) is 5.56 Å². The minimum absolute atomic E-state index is 0.270. The fourth-order valence-electron chi connectivity index (χ4n) is 5.27. The zero-order chi connectivity index (χ0) is 27.4. The van der Waals surface area contributed by atoms with E-state index in [0.29, 0.717) is 28.0 Å². The van der Waals surface area contributed by atoms with Gasteiger partial charge in [0.2, 0.25) is 0 Å².